The lowest BCUT2D eigenvalue weighted by Crippen LogP contribution is -2.36. The van der Waals surface area contributed by atoms with E-state index >= 15 is 0 Å². The topological polar surface area (TPSA) is 67.9 Å². The van der Waals surface area contributed by atoms with Crippen molar-refractivity contribution < 1.29 is 19.1 Å². The van der Waals surface area contributed by atoms with Gasteiger partial charge in [0.25, 0.3) is 0 Å². The Morgan fingerprint density at radius 2 is 1.67 bits per heavy atom. The SMILES string of the molecule is COc1ccc(C(=O)/C=C/C(=O)Nc2ccc(N3CCOCC3)cc2)cc1. The lowest BCUT2D eigenvalue weighted by molar-refractivity contribution is -0.111. The monoisotopic (exact) mass is 366 g/mol. The van der Waals surface area contributed by atoms with Crippen LogP contribution in [0.15, 0.2) is 60.7 Å². The molecule has 0 saturated carbocycles. The van der Waals surface area contributed by atoms with Crippen LogP contribution in [0.25, 0.3) is 0 Å². The van der Waals surface area contributed by atoms with Gasteiger partial charge in [0.2, 0.25) is 5.91 Å². The van der Waals surface area contributed by atoms with Gasteiger partial charge >= 0.3 is 0 Å². The summed E-state index contributed by atoms with van der Waals surface area (Å²) in [5.74, 6) is 0.0836. The van der Waals surface area contributed by atoms with Gasteiger partial charge in [0.15, 0.2) is 5.78 Å². The number of ether oxygens (including phenoxy) is 2. The molecule has 2 aromatic carbocycles. The summed E-state index contributed by atoms with van der Waals surface area (Å²) >= 11 is 0. The minimum atomic E-state index is -0.351. The van der Waals surface area contributed by atoms with Crippen molar-refractivity contribution in [2.45, 2.75) is 0 Å². The molecule has 0 spiro atoms. The van der Waals surface area contributed by atoms with Crippen molar-refractivity contribution in [1.29, 1.82) is 0 Å². The number of nitrogens with one attached hydrogen (secondary N) is 1. The van der Waals surface area contributed by atoms with Crippen LogP contribution in [0.4, 0.5) is 11.4 Å². The molecule has 1 amide bonds. The number of carbonyl (C=O) groups excluding carboxylic acids is 2. The zero-order valence-corrected chi connectivity index (χ0v) is 15.2. The van der Waals surface area contributed by atoms with Gasteiger partial charge < -0.3 is 19.7 Å². The molecule has 1 aliphatic rings. The van der Waals surface area contributed by atoms with Crippen LogP contribution in [0.2, 0.25) is 0 Å². The fourth-order valence-electron chi connectivity index (χ4n) is 2.76. The highest BCUT2D eigenvalue weighted by Gasteiger charge is 2.11. The van der Waals surface area contributed by atoms with Crippen LogP contribution in [0.3, 0.4) is 0 Å². The van der Waals surface area contributed by atoms with Gasteiger partial charge in [-0.1, -0.05) is 0 Å². The Balaban J connectivity index is 1.54. The second kappa shape index (κ2) is 9.00. The number of methoxy groups -OCH3 is 1. The van der Waals surface area contributed by atoms with Crippen molar-refractivity contribution in [2.75, 3.05) is 43.6 Å². The summed E-state index contributed by atoms with van der Waals surface area (Å²) in [5, 5.41) is 2.76. The Morgan fingerprint density at radius 3 is 2.30 bits per heavy atom. The standard InChI is InChI=1S/C21H22N2O4/c1-26-19-8-2-16(3-9-19)20(24)10-11-21(25)22-17-4-6-18(7-5-17)23-12-14-27-15-13-23/h2-11H,12-15H2,1H3,(H,22,25)/b11-10+. The summed E-state index contributed by atoms with van der Waals surface area (Å²) in [6, 6.07) is 14.4. The number of morpholine rings is 1. The molecule has 6 heteroatoms. The van der Waals surface area contributed by atoms with Gasteiger partial charge in [-0.25, -0.2) is 0 Å². The number of nitrogens with zero attached hydrogens (tertiary/aromatic N) is 1. The third-order valence-corrected chi connectivity index (χ3v) is 4.27. The number of hydrogen-bond acceptors (Lipinski definition) is 5. The predicted octanol–water partition coefficient (Wildman–Crippen LogP) is 2.91. The molecule has 0 atom stereocenters. The molecule has 27 heavy (non-hydrogen) atoms. The molecule has 0 bridgehead atoms. The quantitative estimate of drug-likeness (QED) is 0.629. The second-order valence-electron chi connectivity index (χ2n) is 6.06. The summed E-state index contributed by atoms with van der Waals surface area (Å²) in [4.78, 5) is 26.4. The number of hydrogen-bond donors (Lipinski definition) is 1. The first-order valence-corrected chi connectivity index (χ1v) is 8.76. The van der Waals surface area contributed by atoms with E-state index in [1.807, 2.05) is 24.3 Å². The van der Waals surface area contributed by atoms with Crippen molar-refractivity contribution in [3.05, 3.63) is 66.2 Å². The first-order valence-electron chi connectivity index (χ1n) is 8.76. The van der Waals surface area contributed by atoms with Crippen LogP contribution in [0, 0.1) is 0 Å². The second-order valence-corrected chi connectivity index (χ2v) is 6.06. The highest BCUT2D eigenvalue weighted by Crippen LogP contribution is 2.19. The number of amides is 1. The van der Waals surface area contributed by atoms with Gasteiger partial charge in [0, 0.05) is 36.1 Å². The highest BCUT2D eigenvalue weighted by molar-refractivity contribution is 6.09. The molecule has 1 saturated heterocycles. The normalized spacial score (nSPS) is 14.2. The number of ketones is 1. The van der Waals surface area contributed by atoms with Crippen LogP contribution in [-0.4, -0.2) is 45.1 Å². The third kappa shape index (κ3) is 5.18. The van der Waals surface area contributed by atoms with Gasteiger partial charge in [-0.3, -0.25) is 9.59 Å². The smallest absolute Gasteiger partial charge is 0.248 e. The van der Waals surface area contributed by atoms with Crippen molar-refractivity contribution in [2.24, 2.45) is 0 Å². The molecule has 6 nitrogen and oxygen atoms in total. The van der Waals surface area contributed by atoms with Crippen molar-refractivity contribution >= 4 is 23.1 Å². The van der Waals surface area contributed by atoms with E-state index in [4.69, 9.17) is 9.47 Å². The van der Waals surface area contributed by atoms with Crippen LogP contribution >= 0.6 is 0 Å². The van der Waals surface area contributed by atoms with Crippen LogP contribution in [-0.2, 0) is 9.53 Å². The molecule has 3 rings (SSSR count). The largest absolute Gasteiger partial charge is 0.497 e. The molecule has 0 unspecified atom stereocenters. The summed E-state index contributed by atoms with van der Waals surface area (Å²) in [6.07, 6.45) is 2.50. The van der Waals surface area contributed by atoms with Crippen molar-refractivity contribution in [1.82, 2.24) is 0 Å². The highest BCUT2D eigenvalue weighted by atomic mass is 16.5. The molecular formula is C21H22N2O4. The molecule has 0 aromatic heterocycles. The number of carbonyl (C=O) groups is 2. The van der Waals surface area contributed by atoms with Crippen molar-refractivity contribution in [3.63, 3.8) is 0 Å². The zero-order valence-electron chi connectivity index (χ0n) is 15.2. The average molecular weight is 366 g/mol. The minimum absolute atomic E-state index is 0.240. The van der Waals surface area contributed by atoms with E-state index in [1.54, 1.807) is 31.4 Å². The molecule has 1 fully saturated rings. The summed E-state index contributed by atoms with van der Waals surface area (Å²) in [5.41, 5.74) is 2.27. The Bertz CT molecular complexity index is 807. The Labute approximate surface area is 158 Å². The third-order valence-electron chi connectivity index (χ3n) is 4.27. The van der Waals surface area contributed by atoms with E-state index in [9.17, 15) is 9.59 Å². The van der Waals surface area contributed by atoms with E-state index in [1.165, 1.54) is 12.2 Å². The number of anilines is 2. The molecule has 0 aliphatic carbocycles. The lowest BCUT2D eigenvalue weighted by Gasteiger charge is -2.28. The number of benzene rings is 2. The maximum atomic E-state index is 12.1. The minimum Gasteiger partial charge on any atom is -0.497 e. The Hall–Kier alpha value is -3.12. The summed E-state index contributed by atoms with van der Waals surface area (Å²) in [7, 11) is 1.56. The first-order chi connectivity index (χ1) is 13.2. The molecule has 0 radical (unpaired) electrons. The number of rotatable bonds is 6. The molecule has 1 heterocycles. The lowest BCUT2D eigenvalue weighted by atomic mass is 10.1. The van der Waals surface area contributed by atoms with Crippen LogP contribution in [0.5, 0.6) is 5.75 Å². The maximum absolute atomic E-state index is 12.1. The fourth-order valence-corrected chi connectivity index (χ4v) is 2.76. The Kier molecular flexibility index (Phi) is 6.22. The zero-order chi connectivity index (χ0) is 19.1. The average Bonchev–Trinajstić information content (AvgIpc) is 2.73. The molecule has 140 valence electrons. The summed E-state index contributed by atoms with van der Waals surface area (Å²) < 4.78 is 10.4. The van der Waals surface area contributed by atoms with E-state index in [2.05, 4.69) is 10.2 Å². The van der Waals surface area contributed by atoms with Gasteiger partial charge in [-0.15, -0.1) is 0 Å². The fraction of sp³-hybridized carbons (Fsp3) is 0.238. The van der Waals surface area contributed by atoms with E-state index in [0.717, 1.165) is 32.0 Å². The van der Waals surface area contributed by atoms with Gasteiger partial charge in [-0.05, 0) is 54.6 Å². The Morgan fingerprint density at radius 1 is 1.00 bits per heavy atom. The van der Waals surface area contributed by atoms with E-state index < -0.39 is 0 Å². The molecule has 2 aromatic rings. The van der Waals surface area contributed by atoms with Gasteiger partial charge in [0.05, 0.1) is 20.3 Å². The molecular weight excluding hydrogens is 344 g/mol. The van der Waals surface area contributed by atoms with E-state index in [0.29, 0.717) is 17.0 Å². The molecule has 1 N–H and O–H groups in total. The summed E-state index contributed by atoms with van der Waals surface area (Å²) in [6.45, 7) is 3.18. The van der Waals surface area contributed by atoms with Gasteiger partial charge in [0.1, 0.15) is 5.75 Å². The van der Waals surface area contributed by atoms with Gasteiger partial charge in [-0.2, -0.15) is 0 Å². The maximum Gasteiger partial charge on any atom is 0.248 e. The molecule has 1 aliphatic heterocycles. The first kappa shape index (κ1) is 18.7. The van der Waals surface area contributed by atoms with Crippen LogP contribution < -0.4 is 15.0 Å². The van der Waals surface area contributed by atoms with Crippen LogP contribution in [0.1, 0.15) is 10.4 Å². The van der Waals surface area contributed by atoms with Crippen molar-refractivity contribution in [3.8, 4) is 5.75 Å². The van der Waals surface area contributed by atoms with E-state index in [-0.39, 0.29) is 11.7 Å². The number of allylic oxidation sites excluding steroid dienone is 1. The predicted molar refractivity (Wildman–Crippen MR) is 105 cm³/mol.